The minimum Gasteiger partial charge on any atom is -0.326 e. The first-order valence-corrected chi connectivity index (χ1v) is 7.46. The molecule has 0 spiro atoms. The lowest BCUT2D eigenvalue weighted by molar-refractivity contribution is 0.102. The molecule has 0 aliphatic heterocycles. The average molecular weight is 323 g/mol. The van der Waals surface area contributed by atoms with Crippen LogP contribution in [-0.4, -0.2) is 25.7 Å². The van der Waals surface area contributed by atoms with Gasteiger partial charge in [-0.05, 0) is 43.2 Å². The van der Waals surface area contributed by atoms with Crippen molar-refractivity contribution in [3.05, 3.63) is 75.7 Å². The van der Waals surface area contributed by atoms with Crippen molar-refractivity contribution in [3.8, 4) is 0 Å². The van der Waals surface area contributed by atoms with E-state index in [1.807, 2.05) is 12.1 Å². The van der Waals surface area contributed by atoms with Crippen LogP contribution < -0.4 is 10.9 Å². The SMILES string of the molecule is Cc1cc(C)c(C(=O)Nc2ccc(Cn3cncn3)cc2)c(=O)[nH]1. The topological polar surface area (TPSA) is 92.7 Å². The van der Waals surface area contributed by atoms with E-state index in [1.54, 1.807) is 43.1 Å². The Kier molecular flexibility index (Phi) is 4.24. The van der Waals surface area contributed by atoms with Crippen LogP contribution in [-0.2, 0) is 6.54 Å². The lowest BCUT2D eigenvalue weighted by atomic mass is 10.1. The van der Waals surface area contributed by atoms with E-state index in [1.165, 1.54) is 6.33 Å². The van der Waals surface area contributed by atoms with Crippen molar-refractivity contribution >= 4 is 11.6 Å². The molecule has 0 radical (unpaired) electrons. The molecule has 1 amide bonds. The zero-order chi connectivity index (χ0) is 17.1. The van der Waals surface area contributed by atoms with E-state index < -0.39 is 5.91 Å². The minimum absolute atomic E-state index is 0.132. The van der Waals surface area contributed by atoms with Gasteiger partial charge in [-0.15, -0.1) is 0 Å². The first kappa shape index (κ1) is 15.7. The van der Waals surface area contributed by atoms with Gasteiger partial charge in [-0.1, -0.05) is 12.1 Å². The number of pyridine rings is 1. The van der Waals surface area contributed by atoms with Crippen LogP contribution >= 0.6 is 0 Å². The molecule has 0 aliphatic carbocycles. The van der Waals surface area contributed by atoms with Gasteiger partial charge in [-0.25, -0.2) is 9.67 Å². The van der Waals surface area contributed by atoms with Gasteiger partial charge in [0.2, 0.25) is 0 Å². The zero-order valence-electron chi connectivity index (χ0n) is 13.4. The highest BCUT2D eigenvalue weighted by Gasteiger charge is 2.14. The molecule has 0 atom stereocenters. The maximum atomic E-state index is 12.4. The van der Waals surface area contributed by atoms with Crippen molar-refractivity contribution in [2.45, 2.75) is 20.4 Å². The van der Waals surface area contributed by atoms with E-state index >= 15 is 0 Å². The highest BCUT2D eigenvalue weighted by molar-refractivity contribution is 6.05. The van der Waals surface area contributed by atoms with E-state index in [-0.39, 0.29) is 11.1 Å². The third-order valence-electron chi connectivity index (χ3n) is 3.62. The van der Waals surface area contributed by atoms with E-state index in [2.05, 4.69) is 20.4 Å². The van der Waals surface area contributed by atoms with Crippen LogP contribution in [0.15, 0.2) is 47.8 Å². The van der Waals surface area contributed by atoms with Crippen LogP contribution in [0.25, 0.3) is 0 Å². The van der Waals surface area contributed by atoms with Gasteiger partial charge >= 0.3 is 0 Å². The summed E-state index contributed by atoms with van der Waals surface area (Å²) < 4.78 is 1.71. The molecule has 0 saturated carbocycles. The van der Waals surface area contributed by atoms with Crippen LogP contribution in [0.5, 0.6) is 0 Å². The van der Waals surface area contributed by atoms with Crippen molar-refractivity contribution in [2.24, 2.45) is 0 Å². The van der Waals surface area contributed by atoms with E-state index in [9.17, 15) is 9.59 Å². The monoisotopic (exact) mass is 323 g/mol. The van der Waals surface area contributed by atoms with Gasteiger partial charge in [0.25, 0.3) is 11.5 Å². The Hall–Kier alpha value is -3.22. The second-order valence-corrected chi connectivity index (χ2v) is 5.58. The number of rotatable bonds is 4. The quantitative estimate of drug-likeness (QED) is 0.767. The molecule has 1 aromatic carbocycles. The number of carbonyl (C=O) groups is 1. The Morgan fingerprint density at radius 3 is 2.62 bits per heavy atom. The number of aromatic amines is 1. The molecule has 2 heterocycles. The molecule has 0 saturated heterocycles. The van der Waals surface area contributed by atoms with Gasteiger partial charge in [0.15, 0.2) is 0 Å². The summed E-state index contributed by atoms with van der Waals surface area (Å²) in [5.41, 5.74) is 2.78. The van der Waals surface area contributed by atoms with E-state index in [4.69, 9.17) is 0 Å². The maximum absolute atomic E-state index is 12.4. The van der Waals surface area contributed by atoms with Crippen LogP contribution in [0.1, 0.15) is 27.2 Å². The number of carbonyl (C=O) groups excluding carboxylic acids is 1. The molecule has 0 fully saturated rings. The van der Waals surface area contributed by atoms with Crippen molar-refractivity contribution < 1.29 is 4.79 Å². The average Bonchev–Trinajstić information content (AvgIpc) is 3.01. The Bertz CT molecular complexity index is 911. The summed E-state index contributed by atoms with van der Waals surface area (Å²) in [4.78, 5) is 30.9. The summed E-state index contributed by atoms with van der Waals surface area (Å²) in [5.74, 6) is -0.419. The summed E-state index contributed by atoms with van der Waals surface area (Å²) in [6, 6.07) is 9.15. The van der Waals surface area contributed by atoms with Gasteiger partial charge in [0.05, 0.1) is 6.54 Å². The summed E-state index contributed by atoms with van der Waals surface area (Å²) in [6.07, 6.45) is 3.12. The first-order chi connectivity index (χ1) is 11.5. The fraction of sp³-hybridized carbons (Fsp3) is 0.176. The summed E-state index contributed by atoms with van der Waals surface area (Å²) in [7, 11) is 0. The van der Waals surface area contributed by atoms with Gasteiger partial charge in [0, 0.05) is 11.4 Å². The molecule has 7 heteroatoms. The summed E-state index contributed by atoms with van der Waals surface area (Å²) >= 11 is 0. The van der Waals surface area contributed by atoms with Crippen molar-refractivity contribution in [1.29, 1.82) is 0 Å². The molecule has 3 aromatic rings. The molecule has 24 heavy (non-hydrogen) atoms. The lowest BCUT2D eigenvalue weighted by Gasteiger charge is -2.08. The standard InChI is InChI=1S/C17H17N5O2/c1-11-7-12(2)20-16(23)15(11)17(24)21-14-5-3-13(4-6-14)8-22-10-18-9-19-22/h3-7,9-10H,8H2,1-2H3,(H,20,23)(H,21,24). The number of amides is 1. The molecular weight excluding hydrogens is 306 g/mol. The Labute approximate surface area is 138 Å². The Morgan fingerprint density at radius 2 is 2.00 bits per heavy atom. The first-order valence-electron chi connectivity index (χ1n) is 7.46. The molecule has 2 N–H and O–H groups in total. The van der Waals surface area contributed by atoms with Crippen molar-refractivity contribution in [2.75, 3.05) is 5.32 Å². The molecule has 7 nitrogen and oxygen atoms in total. The number of H-pyrrole nitrogens is 1. The zero-order valence-corrected chi connectivity index (χ0v) is 13.4. The molecular formula is C17H17N5O2. The number of hydrogen-bond donors (Lipinski definition) is 2. The number of anilines is 1. The van der Waals surface area contributed by atoms with Crippen LogP contribution in [0.3, 0.4) is 0 Å². The summed E-state index contributed by atoms with van der Waals surface area (Å²) in [5, 5.41) is 6.80. The summed E-state index contributed by atoms with van der Waals surface area (Å²) in [6.45, 7) is 4.13. The smallest absolute Gasteiger partial charge is 0.261 e. The van der Waals surface area contributed by atoms with Crippen LogP contribution in [0.2, 0.25) is 0 Å². The van der Waals surface area contributed by atoms with Gasteiger partial charge < -0.3 is 10.3 Å². The van der Waals surface area contributed by atoms with Gasteiger partial charge in [-0.3, -0.25) is 9.59 Å². The molecule has 0 bridgehead atoms. The highest BCUT2D eigenvalue weighted by atomic mass is 16.2. The molecule has 3 rings (SSSR count). The molecule has 0 unspecified atom stereocenters. The van der Waals surface area contributed by atoms with Gasteiger partial charge in [0.1, 0.15) is 18.2 Å². The van der Waals surface area contributed by atoms with Gasteiger partial charge in [-0.2, -0.15) is 5.10 Å². The minimum atomic E-state index is -0.419. The largest absolute Gasteiger partial charge is 0.326 e. The third-order valence-corrected chi connectivity index (χ3v) is 3.62. The number of nitrogens with zero attached hydrogens (tertiary/aromatic N) is 3. The number of hydrogen-bond acceptors (Lipinski definition) is 4. The van der Waals surface area contributed by atoms with E-state index in [0.29, 0.717) is 17.8 Å². The van der Waals surface area contributed by atoms with Crippen molar-refractivity contribution in [1.82, 2.24) is 19.7 Å². The number of aryl methyl sites for hydroxylation is 2. The predicted octanol–water partition coefficient (Wildman–Crippen LogP) is 1.88. The second kappa shape index (κ2) is 6.49. The third kappa shape index (κ3) is 3.40. The van der Waals surface area contributed by atoms with Crippen LogP contribution in [0, 0.1) is 13.8 Å². The Morgan fingerprint density at radius 1 is 1.25 bits per heavy atom. The number of aromatic nitrogens is 4. The second-order valence-electron chi connectivity index (χ2n) is 5.58. The number of nitrogens with one attached hydrogen (secondary N) is 2. The fourth-order valence-electron chi connectivity index (χ4n) is 2.52. The van der Waals surface area contributed by atoms with E-state index in [0.717, 1.165) is 11.3 Å². The highest BCUT2D eigenvalue weighted by Crippen LogP contribution is 2.12. The predicted molar refractivity (Wildman–Crippen MR) is 90.1 cm³/mol. The molecule has 122 valence electrons. The fourth-order valence-corrected chi connectivity index (χ4v) is 2.52. The Balaban J connectivity index is 1.74. The van der Waals surface area contributed by atoms with Crippen molar-refractivity contribution in [3.63, 3.8) is 0 Å². The molecule has 0 aliphatic rings. The number of benzene rings is 1. The van der Waals surface area contributed by atoms with Crippen LogP contribution in [0.4, 0.5) is 5.69 Å². The molecule has 2 aromatic heterocycles. The lowest BCUT2D eigenvalue weighted by Crippen LogP contribution is -2.25. The maximum Gasteiger partial charge on any atom is 0.261 e. The normalized spacial score (nSPS) is 10.6.